The molecule has 0 atom stereocenters. The Labute approximate surface area is 116 Å². The third kappa shape index (κ3) is 2.42. The van der Waals surface area contributed by atoms with E-state index in [4.69, 9.17) is 5.73 Å². The average molecular weight is 272 g/mol. The van der Waals surface area contributed by atoms with Crippen molar-refractivity contribution in [3.05, 3.63) is 47.7 Å². The van der Waals surface area contributed by atoms with Gasteiger partial charge in [-0.05, 0) is 25.1 Å². The van der Waals surface area contributed by atoms with Crippen LogP contribution in [0.5, 0.6) is 0 Å². The zero-order valence-electron chi connectivity index (χ0n) is 10.8. The van der Waals surface area contributed by atoms with E-state index in [1.807, 2.05) is 29.8 Å². The lowest BCUT2D eigenvalue weighted by Gasteiger charge is -2.22. The summed E-state index contributed by atoms with van der Waals surface area (Å²) >= 11 is 1.65. The molecule has 2 aromatic heterocycles. The molecule has 0 saturated carbocycles. The van der Waals surface area contributed by atoms with Crippen molar-refractivity contribution in [1.82, 2.24) is 9.38 Å². The monoisotopic (exact) mass is 272 g/mol. The number of nitrogens with two attached hydrogens (primary N) is 1. The fraction of sp³-hybridized carbons (Fsp3) is 0.214. The van der Waals surface area contributed by atoms with Gasteiger partial charge in [0.15, 0.2) is 4.96 Å². The molecule has 0 aliphatic rings. The fourth-order valence-corrected chi connectivity index (χ4v) is 2.87. The minimum atomic E-state index is 0.793. The summed E-state index contributed by atoms with van der Waals surface area (Å²) in [6.07, 6.45) is 4.12. The summed E-state index contributed by atoms with van der Waals surface area (Å²) in [5, 5.41) is 2.04. The van der Waals surface area contributed by atoms with Gasteiger partial charge in [-0.25, -0.2) is 4.98 Å². The molecule has 2 heterocycles. The molecule has 3 aromatic rings. The van der Waals surface area contributed by atoms with Gasteiger partial charge in [0, 0.05) is 35.7 Å². The molecule has 0 unspecified atom stereocenters. The van der Waals surface area contributed by atoms with Crippen molar-refractivity contribution in [2.45, 2.75) is 13.5 Å². The standard InChI is InChI=1S/C14H16N4S/c1-2-17(13-5-3-4-11(15)8-13)9-12-10-18-6-7-19-14(18)16-12/h3-8,10H,2,9,15H2,1H3. The van der Waals surface area contributed by atoms with Gasteiger partial charge in [-0.1, -0.05) is 6.07 Å². The highest BCUT2D eigenvalue weighted by molar-refractivity contribution is 7.15. The Hall–Kier alpha value is -2.01. The minimum Gasteiger partial charge on any atom is -0.399 e. The molecule has 5 heteroatoms. The summed E-state index contributed by atoms with van der Waals surface area (Å²) in [5.41, 5.74) is 8.86. The first-order valence-electron chi connectivity index (χ1n) is 6.28. The van der Waals surface area contributed by atoms with E-state index in [1.54, 1.807) is 11.3 Å². The van der Waals surface area contributed by atoms with E-state index in [0.717, 1.165) is 35.1 Å². The average Bonchev–Trinajstić information content (AvgIpc) is 2.96. The molecule has 0 aliphatic carbocycles. The number of benzene rings is 1. The Balaban J connectivity index is 1.85. The summed E-state index contributed by atoms with van der Waals surface area (Å²) < 4.78 is 2.06. The first kappa shape index (κ1) is 12.0. The second-order valence-corrected chi connectivity index (χ2v) is 5.31. The van der Waals surface area contributed by atoms with Crippen LogP contribution in [-0.4, -0.2) is 15.9 Å². The number of rotatable bonds is 4. The molecule has 4 nitrogen and oxygen atoms in total. The molecule has 2 N–H and O–H groups in total. The van der Waals surface area contributed by atoms with E-state index in [2.05, 4.69) is 33.5 Å². The lowest BCUT2D eigenvalue weighted by molar-refractivity contribution is 0.816. The third-order valence-electron chi connectivity index (χ3n) is 3.11. The van der Waals surface area contributed by atoms with Gasteiger partial charge in [-0.3, -0.25) is 4.40 Å². The van der Waals surface area contributed by atoms with Crippen LogP contribution < -0.4 is 10.6 Å². The van der Waals surface area contributed by atoms with Gasteiger partial charge in [0.05, 0.1) is 12.2 Å². The van der Waals surface area contributed by atoms with Gasteiger partial charge < -0.3 is 10.6 Å². The Kier molecular flexibility index (Phi) is 3.13. The second kappa shape index (κ2) is 4.93. The second-order valence-electron chi connectivity index (χ2n) is 4.43. The molecule has 0 radical (unpaired) electrons. The number of hydrogen-bond acceptors (Lipinski definition) is 4. The van der Waals surface area contributed by atoms with Gasteiger partial charge in [0.1, 0.15) is 0 Å². The zero-order valence-corrected chi connectivity index (χ0v) is 11.6. The van der Waals surface area contributed by atoms with Gasteiger partial charge in [-0.2, -0.15) is 0 Å². The number of imidazole rings is 1. The quantitative estimate of drug-likeness (QED) is 0.743. The number of anilines is 2. The number of thiazole rings is 1. The summed E-state index contributed by atoms with van der Waals surface area (Å²) in [6.45, 7) is 3.87. The van der Waals surface area contributed by atoms with E-state index >= 15 is 0 Å². The molecule has 3 rings (SSSR count). The van der Waals surface area contributed by atoms with Crippen molar-refractivity contribution in [2.24, 2.45) is 0 Å². The molecule has 1 aromatic carbocycles. The van der Waals surface area contributed by atoms with Crippen LogP contribution in [0, 0.1) is 0 Å². The van der Waals surface area contributed by atoms with Crippen LogP contribution in [0.1, 0.15) is 12.6 Å². The first-order valence-corrected chi connectivity index (χ1v) is 7.16. The van der Waals surface area contributed by atoms with Gasteiger partial charge in [0.2, 0.25) is 0 Å². The maximum absolute atomic E-state index is 5.84. The summed E-state index contributed by atoms with van der Waals surface area (Å²) in [7, 11) is 0. The van der Waals surface area contributed by atoms with Gasteiger partial charge in [-0.15, -0.1) is 11.3 Å². The van der Waals surface area contributed by atoms with Crippen molar-refractivity contribution in [1.29, 1.82) is 0 Å². The van der Waals surface area contributed by atoms with Crippen LogP contribution in [-0.2, 0) is 6.54 Å². The molecule has 0 fully saturated rings. The van der Waals surface area contributed by atoms with Crippen LogP contribution in [0.2, 0.25) is 0 Å². The molecule has 19 heavy (non-hydrogen) atoms. The smallest absolute Gasteiger partial charge is 0.193 e. The highest BCUT2D eigenvalue weighted by Gasteiger charge is 2.09. The summed E-state index contributed by atoms with van der Waals surface area (Å²) in [5.74, 6) is 0. The molecule has 98 valence electrons. The summed E-state index contributed by atoms with van der Waals surface area (Å²) in [6, 6.07) is 7.98. The zero-order chi connectivity index (χ0) is 13.2. The predicted octanol–water partition coefficient (Wildman–Crippen LogP) is 3.00. The lowest BCUT2D eigenvalue weighted by Crippen LogP contribution is -2.22. The van der Waals surface area contributed by atoms with Crippen LogP contribution in [0.15, 0.2) is 42.0 Å². The fourth-order valence-electron chi connectivity index (χ4n) is 2.15. The van der Waals surface area contributed by atoms with Crippen LogP contribution in [0.4, 0.5) is 11.4 Å². The van der Waals surface area contributed by atoms with Gasteiger partial charge >= 0.3 is 0 Å². The number of hydrogen-bond donors (Lipinski definition) is 1. The van der Waals surface area contributed by atoms with E-state index in [0.29, 0.717) is 0 Å². The molecule has 0 aliphatic heterocycles. The van der Waals surface area contributed by atoms with E-state index in [-0.39, 0.29) is 0 Å². The molecular formula is C14H16N4S. The Bertz CT molecular complexity index is 657. The largest absolute Gasteiger partial charge is 0.399 e. The van der Waals surface area contributed by atoms with Gasteiger partial charge in [0.25, 0.3) is 0 Å². The topological polar surface area (TPSA) is 46.6 Å². The molecule has 0 spiro atoms. The molecule has 0 saturated heterocycles. The van der Waals surface area contributed by atoms with E-state index in [9.17, 15) is 0 Å². The number of nitrogen functional groups attached to an aromatic ring is 1. The predicted molar refractivity (Wildman–Crippen MR) is 80.6 cm³/mol. The third-order valence-corrected chi connectivity index (χ3v) is 3.88. The summed E-state index contributed by atoms with van der Waals surface area (Å²) in [4.78, 5) is 7.92. The van der Waals surface area contributed by atoms with Crippen molar-refractivity contribution in [2.75, 3.05) is 17.2 Å². The van der Waals surface area contributed by atoms with Crippen LogP contribution >= 0.6 is 11.3 Å². The molecular weight excluding hydrogens is 256 g/mol. The van der Waals surface area contributed by atoms with Crippen LogP contribution in [0.3, 0.4) is 0 Å². The van der Waals surface area contributed by atoms with Crippen LogP contribution in [0.25, 0.3) is 4.96 Å². The Morgan fingerprint density at radius 3 is 3.05 bits per heavy atom. The van der Waals surface area contributed by atoms with E-state index < -0.39 is 0 Å². The highest BCUT2D eigenvalue weighted by Crippen LogP contribution is 2.20. The van der Waals surface area contributed by atoms with E-state index in [1.165, 1.54) is 0 Å². The van der Waals surface area contributed by atoms with Crippen molar-refractivity contribution >= 4 is 27.7 Å². The van der Waals surface area contributed by atoms with Crippen molar-refractivity contribution < 1.29 is 0 Å². The number of nitrogens with zero attached hydrogens (tertiary/aromatic N) is 3. The highest BCUT2D eigenvalue weighted by atomic mass is 32.1. The minimum absolute atomic E-state index is 0.793. The number of fused-ring (bicyclic) bond motifs is 1. The number of aromatic nitrogens is 2. The molecule has 0 amide bonds. The molecule has 0 bridgehead atoms. The maximum Gasteiger partial charge on any atom is 0.193 e. The van der Waals surface area contributed by atoms with Crippen molar-refractivity contribution in [3.63, 3.8) is 0 Å². The lowest BCUT2D eigenvalue weighted by atomic mass is 10.2. The normalized spacial score (nSPS) is 11.0. The Morgan fingerprint density at radius 2 is 2.32 bits per heavy atom. The SMILES string of the molecule is CCN(Cc1cn2ccsc2n1)c1cccc(N)c1. The maximum atomic E-state index is 5.84. The first-order chi connectivity index (χ1) is 9.26. The Morgan fingerprint density at radius 1 is 1.42 bits per heavy atom. The van der Waals surface area contributed by atoms with Crippen molar-refractivity contribution in [3.8, 4) is 0 Å².